The van der Waals surface area contributed by atoms with Gasteiger partial charge < -0.3 is 14.7 Å². The Morgan fingerprint density at radius 1 is 1.07 bits per heavy atom. The molecule has 0 spiro atoms. The van der Waals surface area contributed by atoms with E-state index in [0.29, 0.717) is 19.5 Å². The zero-order valence-corrected chi connectivity index (χ0v) is 16.9. The Hall–Kier alpha value is -2.82. The van der Waals surface area contributed by atoms with Crippen LogP contribution in [0.3, 0.4) is 0 Å². The third kappa shape index (κ3) is 3.61. The molecule has 5 nitrogen and oxygen atoms in total. The van der Waals surface area contributed by atoms with Crippen LogP contribution >= 0.6 is 0 Å². The molecule has 1 N–H and O–H groups in total. The molecule has 2 aromatic rings. The van der Waals surface area contributed by atoms with Crippen LogP contribution in [0.15, 0.2) is 48.5 Å². The molecule has 0 radical (unpaired) electrons. The lowest BCUT2D eigenvalue weighted by Crippen LogP contribution is -2.47. The van der Waals surface area contributed by atoms with E-state index >= 15 is 0 Å². The zero-order valence-electron chi connectivity index (χ0n) is 16.9. The maximum absolute atomic E-state index is 12.8. The van der Waals surface area contributed by atoms with E-state index in [1.807, 2.05) is 38.1 Å². The normalized spacial score (nSPS) is 21.0. The monoisotopic (exact) mass is 393 g/mol. The van der Waals surface area contributed by atoms with Crippen molar-refractivity contribution in [3.8, 4) is 11.1 Å². The lowest BCUT2D eigenvalue weighted by molar-refractivity contribution is -0.146. The van der Waals surface area contributed by atoms with Gasteiger partial charge in [-0.05, 0) is 40.5 Å². The summed E-state index contributed by atoms with van der Waals surface area (Å²) in [6, 6.07) is 16.5. The SMILES string of the molecule is CC(C)[C@@H]1CN(C(=O)OCC2c3ccccc3-c3ccccc32)CC[C@@H]1C(=O)O. The number of benzene rings is 2. The number of fused-ring (bicyclic) bond motifs is 3. The first kappa shape index (κ1) is 19.5. The summed E-state index contributed by atoms with van der Waals surface area (Å²) in [6.07, 6.45) is 0.129. The van der Waals surface area contributed by atoms with Crippen LogP contribution in [-0.4, -0.2) is 41.8 Å². The smallest absolute Gasteiger partial charge is 0.409 e. The van der Waals surface area contributed by atoms with E-state index in [0.717, 1.165) is 0 Å². The maximum Gasteiger partial charge on any atom is 0.409 e. The predicted molar refractivity (Wildman–Crippen MR) is 111 cm³/mol. The number of likely N-dealkylation sites (tertiary alicyclic amines) is 1. The number of ether oxygens (including phenoxy) is 1. The number of aliphatic carboxylic acids is 1. The average Bonchev–Trinajstić information content (AvgIpc) is 3.05. The maximum atomic E-state index is 12.8. The Kier molecular flexibility index (Phi) is 5.31. The van der Waals surface area contributed by atoms with Crippen LogP contribution in [0.2, 0.25) is 0 Å². The molecule has 0 aromatic heterocycles. The van der Waals surface area contributed by atoms with Gasteiger partial charge in [0.1, 0.15) is 6.61 Å². The van der Waals surface area contributed by atoms with E-state index in [4.69, 9.17) is 4.74 Å². The van der Waals surface area contributed by atoms with Gasteiger partial charge in [-0.25, -0.2) is 4.79 Å². The van der Waals surface area contributed by atoms with Gasteiger partial charge in [0, 0.05) is 19.0 Å². The predicted octanol–water partition coefficient (Wildman–Crippen LogP) is 4.61. The minimum absolute atomic E-state index is 0.0313. The Morgan fingerprint density at radius 3 is 2.21 bits per heavy atom. The van der Waals surface area contributed by atoms with Crippen LogP contribution in [0.25, 0.3) is 11.1 Å². The first-order valence-corrected chi connectivity index (χ1v) is 10.3. The molecule has 152 valence electrons. The third-order valence-electron chi connectivity index (χ3n) is 6.43. The summed E-state index contributed by atoms with van der Waals surface area (Å²) >= 11 is 0. The highest BCUT2D eigenvalue weighted by Gasteiger charge is 2.38. The molecule has 1 aliphatic heterocycles. The number of carbonyl (C=O) groups excluding carboxylic acids is 1. The number of amides is 1. The van der Waals surface area contributed by atoms with Gasteiger partial charge in [0.2, 0.25) is 0 Å². The van der Waals surface area contributed by atoms with Gasteiger partial charge in [-0.3, -0.25) is 4.79 Å². The zero-order chi connectivity index (χ0) is 20.5. The first-order valence-electron chi connectivity index (χ1n) is 10.3. The van der Waals surface area contributed by atoms with Crippen molar-refractivity contribution in [2.75, 3.05) is 19.7 Å². The minimum atomic E-state index is -0.768. The van der Waals surface area contributed by atoms with Gasteiger partial charge >= 0.3 is 12.1 Å². The summed E-state index contributed by atoms with van der Waals surface area (Å²) in [5.41, 5.74) is 4.77. The van der Waals surface area contributed by atoms with E-state index < -0.39 is 11.9 Å². The molecule has 2 aliphatic rings. The topological polar surface area (TPSA) is 66.8 Å². The lowest BCUT2D eigenvalue weighted by atomic mass is 9.78. The number of hydrogen-bond acceptors (Lipinski definition) is 3. The number of carboxylic acids is 1. The van der Waals surface area contributed by atoms with Crippen molar-refractivity contribution in [3.05, 3.63) is 59.7 Å². The highest BCUT2D eigenvalue weighted by molar-refractivity contribution is 5.79. The molecule has 0 saturated carbocycles. The molecule has 1 heterocycles. The number of carbonyl (C=O) groups is 2. The molecular formula is C24H27NO4. The first-order chi connectivity index (χ1) is 14.0. The van der Waals surface area contributed by atoms with E-state index in [2.05, 4.69) is 24.3 Å². The van der Waals surface area contributed by atoms with Crippen molar-refractivity contribution in [1.29, 1.82) is 0 Å². The van der Waals surface area contributed by atoms with Crippen LogP contribution in [0.1, 0.15) is 37.3 Å². The molecule has 2 aromatic carbocycles. The highest BCUT2D eigenvalue weighted by atomic mass is 16.6. The quantitative estimate of drug-likeness (QED) is 0.823. The minimum Gasteiger partial charge on any atom is -0.481 e. The van der Waals surface area contributed by atoms with Crippen molar-refractivity contribution < 1.29 is 19.4 Å². The van der Waals surface area contributed by atoms with Gasteiger partial charge in [0.15, 0.2) is 0 Å². The molecule has 0 bridgehead atoms. The number of piperidine rings is 1. The van der Waals surface area contributed by atoms with Crippen molar-refractivity contribution in [2.45, 2.75) is 26.2 Å². The van der Waals surface area contributed by atoms with Gasteiger partial charge in [-0.2, -0.15) is 0 Å². The fourth-order valence-corrected chi connectivity index (χ4v) is 4.82. The summed E-state index contributed by atoms with van der Waals surface area (Å²) < 4.78 is 5.74. The molecule has 4 rings (SSSR count). The molecule has 0 unspecified atom stereocenters. The third-order valence-corrected chi connectivity index (χ3v) is 6.43. The van der Waals surface area contributed by atoms with Crippen LogP contribution in [0.4, 0.5) is 4.79 Å². The molecule has 2 atom stereocenters. The Bertz CT molecular complexity index is 877. The van der Waals surface area contributed by atoms with E-state index in [-0.39, 0.29) is 30.5 Å². The second kappa shape index (κ2) is 7.90. The average molecular weight is 393 g/mol. The van der Waals surface area contributed by atoms with E-state index in [1.165, 1.54) is 22.3 Å². The van der Waals surface area contributed by atoms with Gasteiger partial charge in [-0.1, -0.05) is 62.4 Å². The van der Waals surface area contributed by atoms with Gasteiger partial charge in [-0.15, -0.1) is 0 Å². The fourth-order valence-electron chi connectivity index (χ4n) is 4.82. The second-order valence-corrected chi connectivity index (χ2v) is 8.39. The second-order valence-electron chi connectivity index (χ2n) is 8.39. The number of nitrogens with zero attached hydrogens (tertiary/aromatic N) is 1. The Balaban J connectivity index is 1.46. The lowest BCUT2D eigenvalue weighted by Gasteiger charge is -2.38. The van der Waals surface area contributed by atoms with Crippen LogP contribution in [0, 0.1) is 17.8 Å². The number of rotatable bonds is 4. The van der Waals surface area contributed by atoms with Crippen molar-refractivity contribution in [2.24, 2.45) is 17.8 Å². The Morgan fingerprint density at radius 2 is 1.66 bits per heavy atom. The highest BCUT2D eigenvalue weighted by Crippen LogP contribution is 2.44. The van der Waals surface area contributed by atoms with E-state index in [1.54, 1.807) is 4.90 Å². The van der Waals surface area contributed by atoms with Crippen molar-refractivity contribution in [1.82, 2.24) is 4.90 Å². The number of carboxylic acid groups (broad SMARTS) is 1. The number of hydrogen-bond donors (Lipinski definition) is 1. The van der Waals surface area contributed by atoms with Crippen molar-refractivity contribution >= 4 is 12.1 Å². The molecular weight excluding hydrogens is 366 g/mol. The molecule has 5 heteroatoms. The standard InChI is InChI=1S/C24H27NO4/c1-15(2)21-13-25(12-11-20(21)23(26)27)24(28)29-14-22-18-9-5-3-7-16(18)17-8-4-6-10-19(17)22/h3-10,15,20-22H,11-14H2,1-2H3,(H,26,27)/t20-,21-/m0/s1. The van der Waals surface area contributed by atoms with Crippen LogP contribution in [-0.2, 0) is 9.53 Å². The molecule has 1 fully saturated rings. The van der Waals surface area contributed by atoms with Gasteiger partial charge in [0.25, 0.3) is 0 Å². The summed E-state index contributed by atoms with van der Waals surface area (Å²) in [4.78, 5) is 26.0. The molecule has 1 amide bonds. The summed E-state index contributed by atoms with van der Waals surface area (Å²) in [7, 11) is 0. The summed E-state index contributed by atoms with van der Waals surface area (Å²) in [5.74, 6) is -0.991. The van der Waals surface area contributed by atoms with Crippen LogP contribution < -0.4 is 0 Å². The molecule has 1 saturated heterocycles. The summed E-state index contributed by atoms with van der Waals surface area (Å²) in [6.45, 7) is 5.18. The van der Waals surface area contributed by atoms with Crippen LogP contribution in [0.5, 0.6) is 0 Å². The largest absolute Gasteiger partial charge is 0.481 e. The van der Waals surface area contributed by atoms with E-state index in [9.17, 15) is 14.7 Å². The van der Waals surface area contributed by atoms with Gasteiger partial charge in [0.05, 0.1) is 5.92 Å². The summed E-state index contributed by atoms with van der Waals surface area (Å²) in [5, 5.41) is 9.48. The molecule has 1 aliphatic carbocycles. The van der Waals surface area contributed by atoms with Crippen molar-refractivity contribution in [3.63, 3.8) is 0 Å². The fraction of sp³-hybridized carbons (Fsp3) is 0.417. The Labute approximate surface area is 171 Å². The molecule has 29 heavy (non-hydrogen) atoms.